The van der Waals surface area contributed by atoms with Gasteiger partial charge in [0.2, 0.25) is 0 Å². The first-order chi connectivity index (χ1) is 15.2. The summed E-state index contributed by atoms with van der Waals surface area (Å²) >= 11 is 0. The summed E-state index contributed by atoms with van der Waals surface area (Å²) in [5.74, 6) is 0.199. The van der Waals surface area contributed by atoms with Gasteiger partial charge in [-0.25, -0.2) is 0 Å². The van der Waals surface area contributed by atoms with E-state index >= 15 is 0 Å². The molecule has 3 aromatic carbocycles. The number of aromatic hydroxyl groups is 1. The molecule has 0 spiro atoms. The van der Waals surface area contributed by atoms with Crippen molar-refractivity contribution in [2.24, 2.45) is 0 Å². The van der Waals surface area contributed by atoms with E-state index in [-0.39, 0.29) is 31.2 Å². The predicted octanol–water partition coefficient (Wildman–Crippen LogP) is 5.20. The molecule has 5 nitrogen and oxygen atoms in total. The lowest BCUT2D eigenvalue weighted by Gasteiger charge is -2.18. The Bertz CT molecular complexity index is 826. The van der Waals surface area contributed by atoms with Crippen LogP contribution in [-0.4, -0.2) is 32.5 Å². The van der Waals surface area contributed by atoms with Crippen LogP contribution in [0.1, 0.15) is 34.5 Å². The maximum absolute atomic E-state index is 10.6. The maximum atomic E-state index is 10.6. The second-order valence-corrected chi connectivity index (χ2v) is 7.23. The van der Waals surface area contributed by atoms with Gasteiger partial charge in [0.05, 0.1) is 26.4 Å². The smallest absolute Gasteiger partial charge is 0.126 e. The highest BCUT2D eigenvalue weighted by Crippen LogP contribution is 2.26. The lowest BCUT2D eigenvalue weighted by molar-refractivity contribution is -0.00152. The van der Waals surface area contributed by atoms with Gasteiger partial charge in [-0.2, -0.15) is 0 Å². The van der Waals surface area contributed by atoms with Crippen molar-refractivity contribution in [3.8, 4) is 5.75 Å². The van der Waals surface area contributed by atoms with Crippen molar-refractivity contribution in [2.45, 2.75) is 25.4 Å². The third kappa shape index (κ3) is 6.64. The topological polar surface area (TPSA) is 57.2 Å². The van der Waals surface area contributed by atoms with E-state index in [1.165, 1.54) is 0 Å². The molecule has 0 heterocycles. The molecule has 0 radical (unpaired) electrons. The predicted molar refractivity (Wildman–Crippen MR) is 120 cm³/mol. The molecular formula is C26H30O5. The van der Waals surface area contributed by atoms with Gasteiger partial charge in [-0.3, -0.25) is 0 Å². The zero-order valence-corrected chi connectivity index (χ0v) is 18.1. The molecular weight excluding hydrogens is 392 g/mol. The van der Waals surface area contributed by atoms with Crippen LogP contribution in [0.25, 0.3) is 0 Å². The monoisotopic (exact) mass is 422 g/mol. The van der Waals surface area contributed by atoms with Crippen molar-refractivity contribution in [3.05, 3.63) is 101 Å². The SMILES string of the molecule is CO[C@@H](COCc1cccc(COC[C@H](OC)c2ccccc2)c1O)c1ccccc1. The minimum absolute atomic E-state index is 0.154. The van der Waals surface area contributed by atoms with E-state index in [1.54, 1.807) is 14.2 Å². The first-order valence-corrected chi connectivity index (χ1v) is 10.3. The summed E-state index contributed by atoms with van der Waals surface area (Å²) in [6.45, 7) is 1.37. The minimum Gasteiger partial charge on any atom is -0.507 e. The molecule has 0 unspecified atom stereocenters. The van der Waals surface area contributed by atoms with E-state index in [9.17, 15) is 5.11 Å². The quantitative estimate of drug-likeness (QED) is 0.435. The van der Waals surface area contributed by atoms with E-state index < -0.39 is 0 Å². The third-order valence-corrected chi connectivity index (χ3v) is 5.17. The van der Waals surface area contributed by atoms with Gasteiger partial charge in [0.25, 0.3) is 0 Å². The van der Waals surface area contributed by atoms with E-state index in [0.717, 1.165) is 22.3 Å². The third-order valence-electron chi connectivity index (χ3n) is 5.17. The molecule has 0 saturated carbocycles. The largest absolute Gasteiger partial charge is 0.507 e. The zero-order valence-electron chi connectivity index (χ0n) is 18.1. The highest BCUT2D eigenvalue weighted by molar-refractivity contribution is 5.39. The first-order valence-electron chi connectivity index (χ1n) is 10.3. The van der Waals surface area contributed by atoms with Gasteiger partial charge < -0.3 is 24.1 Å². The summed E-state index contributed by atoms with van der Waals surface area (Å²) < 4.78 is 22.7. The van der Waals surface area contributed by atoms with Gasteiger partial charge >= 0.3 is 0 Å². The van der Waals surface area contributed by atoms with Gasteiger partial charge in [-0.1, -0.05) is 78.9 Å². The van der Waals surface area contributed by atoms with E-state index in [4.69, 9.17) is 18.9 Å². The van der Waals surface area contributed by atoms with Crippen LogP contribution < -0.4 is 0 Å². The number of benzene rings is 3. The Hall–Kier alpha value is -2.70. The molecule has 164 valence electrons. The Morgan fingerprint density at radius 3 is 1.42 bits per heavy atom. The molecule has 3 aromatic rings. The molecule has 0 bridgehead atoms. The normalized spacial score (nSPS) is 13.1. The molecule has 0 aliphatic heterocycles. The summed E-state index contributed by atoms with van der Waals surface area (Å²) in [5, 5.41) is 10.6. The number of methoxy groups -OCH3 is 2. The second-order valence-electron chi connectivity index (χ2n) is 7.23. The number of para-hydroxylation sites is 1. The van der Waals surface area contributed by atoms with Gasteiger partial charge in [0.15, 0.2) is 0 Å². The number of phenolic OH excluding ortho intramolecular Hbond substituents is 1. The fourth-order valence-corrected chi connectivity index (χ4v) is 3.37. The highest BCUT2D eigenvalue weighted by Gasteiger charge is 2.14. The molecule has 0 saturated heterocycles. The van der Waals surface area contributed by atoms with Crippen molar-refractivity contribution < 1.29 is 24.1 Å². The summed E-state index contributed by atoms with van der Waals surface area (Å²) in [5.41, 5.74) is 3.55. The second kappa shape index (κ2) is 12.2. The van der Waals surface area contributed by atoms with Crippen LogP contribution in [0.2, 0.25) is 0 Å². The number of ether oxygens (including phenoxy) is 4. The summed E-state index contributed by atoms with van der Waals surface area (Å²) in [6, 6.07) is 25.5. The van der Waals surface area contributed by atoms with Gasteiger partial charge in [0.1, 0.15) is 18.0 Å². The summed E-state index contributed by atoms with van der Waals surface area (Å²) in [6.07, 6.45) is -0.308. The fraction of sp³-hybridized carbons (Fsp3) is 0.308. The Balaban J connectivity index is 1.52. The van der Waals surface area contributed by atoms with Crippen molar-refractivity contribution in [3.63, 3.8) is 0 Å². The molecule has 0 aromatic heterocycles. The standard InChI is InChI=1S/C26H30O5/c1-28-24(20-10-5-3-6-11-20)18-30-16-22-14-9-15-23(26(22)27)17-31-19-25(29-2)21-12-7-4-8-13-21/h3-15,24-25,27H,16-19H2,1-2H3/t24-,25-/m0/s1. The maximum Gasteiger partial charge on any atom is 0.126 e. The Labute approximate surface area is 184 Å². The molecule has 3 rings (SSSR count). The van der Waals surface area contributed by atoms with Crippen LogP contribution in [-0.2, 0) is 32.2 Å². The molecule has 31 heavy (non-hydrogen) atoms. The molecule has 0 aliphatic carbocycles. The number of phenols is 1. The van der Waals surface area contributed by atoms with Crippen molar-refractivity contribution >= 4 is 0 Å². The first kappa shape index (κ1) is 23.0. The van der Waals surface area contributed by atoms with Crippen LogP contribution in [0.5, 0.6) is 5.75 Å². The number of rotatable bonds is 12. The van der Waals surface area contributed by atoms with E-state index in [1.807, 2.05) is 78.9 Å². The van der Waals surface area contributed by atoms with E-state index in [2.05, 4.69) is 0 Å². The summed E-state index contributed by atoms with van der Waals surface area (Å²) in [4.78, 5) is 0. The van der Waals surface area contributed by atoms with Crippen LogP contribution in [0.15, 0.2) is 78.9 Å². The van der Waals surface area contributed by atoms with Crippen LogP contribution in [0.3, 0.4) is 0 Å². The summed E-state index contributed by atoms with van der Waals surface area (Å²) in [7, 11) is 3.33. The molecule has 1 N–H and O–H groups in total. The minimum atomic E-state index is -0.154. The van der Waals surface area contributed by atoms with Crippen LogP contribution in [0.4, 0.5) is 0 Å². The molecule has 5 heteroatoms. The highest BCUT2D eigenvalue weighted by atomic mass is 16.5. The lowest BCUT2D eigenvalue weighted by atomic mass is 10.1. The van der Waals surface area contributed by atoms with Gasteiger partial charge in [-0.05, 0) is 11.1 Å². The Morgan fingerprint density at radius 2 is 1.03 bits per heavy atom. The van der Waals surface area contributed by atoms with Crippen molar-refractivity contribution in [1.29, 1.82) is 0 Å². The van der Waals surface area contributed by atoms with Crippen LogP contribution >= 0.6 is 0 Å². The van der Waals surface area contributed by atoms with Crippen molar-refractivity contribution in [1.82, 2.24) is 0 Å². The number of hydrogen-bond acceptors (Lipinski definition) is 5. The van der Waals surface area contributed by atoms with Gasteiger partial charge in [-0.15, -0.1) is 0 Å². The average molecular weight is 423 g/mol. The van der Waals surface area contributed by atoms with Gasteiger partial charge in [0, 0.05) is 25.3 Å². The number of hydrogen-bond donors (Lipinski definition) is 1. The molecule has 0 amide bonds. The lowest BCUT2D eigenvalue weighted by Crippen LogP contribution is -2.11. The molecule has 2 atom stereocenters. The Morgan fingerprint density at radius 1 is 0.613 bits per heavy atom. The molecule has 0 aliphatic rings. The van der Waals surface area contributed by atoms with E-state index in [0.29, 0.717) is 13.2 Å². The Kier molecular flexibility index (Phi) is 9.06. The average Bonchev–Trinajstić information content (AvgIpc) is 2.82. The fourth-order valence-electron chi connectivity index (χ4n) is 3.37. The van der Waals surface area contributed by atoms with Crippen LogP contribution in [0, 0.1) is 0 Å². The van der Waals surface area contributed by atoms with Crippen molar-refractivity contribution in [2.75, 3.05) is 27.4 Å². The zero-order chi connectivity index (χ0) is 21.9. The molecule has 0 fully saturated rings.